The largest absolute Gasteiger partial charge is 0.592 e. The van der Waals surface area contributed by atoms with E-state index in [1.54, 1.807) is 0 Å². The summed E-state index contributed by atoms with van der Waals surface area (Å²) in [5.41, 5.74) is -4.09. The summed E-state index contributed by atoms with van der Waals surface area (Å²) in [4.78, 5) is 88.5. The Hall–Kier alpha value is -1.23. The first-order valence-corrected chi connectivity index (χ1v) is 6.32. The molecule has 2 spiro atoms. The van der Waals surface area contributed by atoms with E-state index in [0.717, 1.165) is 9.80 Å². The van der Waals surface area contributed by atoms with E-state index in [2.05, 4.69) is 10.6 Å². The summed E-state index contributed by atoms with van der Waals surface area (Å²) < 4.78 is 0. The molecule has 0 atom stereocenters. The SMILES string of the molecule is CN1C(=O)C2(C(=O)[N-]C2=O)C1=O.CN1C(=O)C2(C(=O)[N-]C2=O)C1=O.[CH3-].[CH3-].[Y].[Y]. The topological polar surface area (TPSA) is 171 Å². The van der Waals surface area contributed by atoms with Crippen LogP contribution in [0.2, 0.25) is 0 Å². The molecule has 0 bridgehead atoms. The van der Waals surface area contributed by atoms with E-state index >= 15 is 0 Å². The van der Waals surface area contributed by atoms with Crippen molar-refractivity contribution in [3.63, 3.8) is 0 Å². The average Bonchev–Trinajstić information content (AvgIpc) is 2.54. The minimum atomic E-state index is -2.05. The Morgan fingerprint density at radius 1 is 0.536 bits per heavy atom. The second-order valence-corrected chi connectivity index (χ2v) is 5.28. The number of rotatable bonds is 0. The molecule has 0 N–H and O–H groups in total. The first kappa shape index (κ1) is 29.0. The average molecular weight is 542 g/mol. The Kier molecular flexibility index (Phi) is 8.94. The van der Waals surface area contributed by atoms with Crippen LogP contribution in [-0.2, 0) is 104 Å². The minimum absolute atomic E-state index is 0. The van der Waals surface area contributed by atoms with Gasteiger partial charge in [0.1, 0.15) is 0 Å². The fraction of sp³-hybridized carbons (Fsp3) is 0.286. The van der Waals surface area contributed by atoms with Crippen molar-refractivity contribution in [3.05, 3.63) is 25.5 Å². The minimum Gasteiger partial charge on any atom is -0.592 e. The molecule has 0 unspecified atom stereocenters. The van der Waals surface area contributed by atoms with Gasteiger partial charge in [-0.05, 0) is 0 Å². The van der Waals surface area contributed by atoms with E-state index in [9.17, 15) is 38.4 Å². The fourth-order valence-electron chi connectivity index (χ4n) is 2.60. The molecule has 12 nitrogen and oxygen atoms in total. The van der Waals surface area contributed by atoms with Crippen LogP contribution in [0.4, 0.5) is 0 Å². The zero-order valence-corrected chi connectivity index (χ0v) is 20.9. The van der Waals surface area contributed by atoms with Gasteiger partial charge in [0.2, 0.25) is 10.8 Å². The Bertz CT molecular complexity index is 707. The van der Waals surface area contributed by atoms with E-state index in [1.165, 1.54) is 14.1 Å². The molecule has 4 rings (SSSR count). The first-order chi connectivity index (χ1) is 11.0. The van der Waals surface area contributed by atoms with Crippen molar-refractivity contribution in [2.24, 2.45) is 10.8 Å². The van der Waals surface area contributed by atoms with Crippen LogP contribution in [0.5, 0.6) is 0 Å². The van der Waals surface area contributed by atoms with E-state index in [-0.39, 0.29) is 80.3 Å². The molecule has 0 aromatic heterocycles. The van der Waals surface area contributed by atoms with Gasteiger partial charge in [-0.15, -0.1) is 0 Å². The molecule has 28 heavy (non-hydrogen) atoms. The van der Waals surface area contributed by atoms with Gasteiger partial charge in [0.05, 0.1) is 23.6 Å². The van der Waals surface area contributed by atoms with Crippen LogP contribution in [0, 0.1) is 25.7 Å². The second-order valence-electron chi connectivity index (χ2n) is 5.28. The molecule has 4 aliphatic heterocycles. The van der Waals surface area contributed by atoms with E-state index < -0.39 is 58.1 Å². The van der Waals surface area contributed by atoms with Gasteiger partial charge in [0, 0.05) is 79.5 Å². The standard InChI is InChI=1S/2C6H4N2O4.2CH3.2Y/c2*1-8-4(11)6(5(8)12)2(9)7-3(6)10;;;;/h2*1H3,(H,7,9,10);2*1H3;;/q;;2*-1;;/p-2. The van der Waals surface area contributed by atoms with Gasteiger partial charge in [-0.1, -0.05) is 0 Å². The Morgan fingerprint density at radius 3 is 0.821 bits per heavy atom. The molecule has 0 saturated carbocycles. The number of imide groups is 4. The maximum atomic E-state index is 11.0. The van der Waals surface area contributed by atoms with Gasteiger partial charge in [-0.3, -0.25) is 29.0 Å². The van der Waals surface area contributed by atoms with E-state index in [4.69, 9.17) is 0 Å². The van der Waals surface area contributed by atoms with E-state index in [1.807, 2.05) is 0 Å². The molecule has 0 aliphatic carbocycles. The molecule has 4 heterocycles. The smallest absolute Gasteiger partial charge is 0.256 e. The summed E-state index contributed by atoms with van der Waals surface area (Å²) in [6.07, 6.45) is 0. The van der Waals surface area contributed by atoms with Gasteiger partial charge < -0.3 is 44.7 Å². The quantitative estimate of drug-likeness (QED) is 0.187. The van der Waals surface area contributed by atoms with Crippen molar-refractivity contribution in [3.8, 4) is 0 Å². The zero-order chi connectivity index (χ0) is 18.2. The van der Waals surface area contributed by atoms with Crippen LogP contribution in [0.3, 0.4) is 0 Å². The second kappa shape index (κ2) is 8.64. The number of hydrogen-bond donors (Lipinski definition) is 0. The predicted octanol–water partition coefficient (Wildman–Crippen LogP) is -2.28. The summed E-state index contributed by atoms with van der Waals surface area (Å²) >= 11 is 0. The number of nitrogens with zero attached hydrogens (tertiary/aromatic N) is 4. The van der Waals surface area contributed by atoms with E-state index in [0.29, 0.717) is 0 Å². The third kappa shape index (κ3) is 2.79. The number of β-lactam (4-membered cyclic amide) rings is 8. The summed E-state index contributed by atoms with van der Waals surface area (Å²) in [6.45, 7) is 0. The number of likely N-dealkylation sites (tertiary alicyclic amines) is 2. The number of carbonyl (C=O) groups excluding carboxylic acids is 8. The van der Waals surface area contributed by atoms with Crippen molar-refractivity contribution < 1.29 is 104 Å². The van der Waals surface area contributed by atoms with Gasteiger partial charge >= 0.3 is 0 Å². The number of hydrogen-bond acceptors (Lipinski definition) is 8. The maximum Gasteiger partial charge on any atom is 0.256 e. The molecule has 2 radical (unpaired) electrons. The van der Waals surface area contributed by atoms with Crippen molar-refractivity contribution >= 4 is 47.3 Å². The van der Waals surface area contributed by atoms with Crippen molar-refractivity contribution in [2.75, 3.05) is 14.1 Å². The zero-order valence-electron chi connectivity index (χ0n) is 15.2. The van der Waals surface area contributed by atoms with Gasteiger partial charge in [0.15, 0.2) is 0 Å². The summed E-state index contributed by atoms with van der Waals surface area (Å²) in [6, 6.07) is 0. The van der Waals surface area contributed by atoms with Crippen LogP contribution in [0.1, 0.15) is 0 Å². The normalized spacial score (nSPS) is 21.6. The van der Waals surface area contributed by atoms with Crippen molar-refractivity contribution in [2.45, 2.75) is 0 Å². The maximum absolute atomic E-state index is 11.0. The monoisotopic (exact) mass is 542 g/mol. The van der Waals surface area contributed by atoms with Gasteiger partial charge in [-0.2, -0.15) is 0 Å². The third-order valence-corrected chi connectivity index (χ3v) is 4.19. The molecule has 4 saturated heterocycles. The summed E-state index contributed by atoms with van der Waals surface area (Å²) in [5, 5.41) is 5.77. The Labute approximate surface area is 209 Å². The molecule has 0 aromatic carbocycles. The Balaban J connectivity index is 0. The van der Waals surface area contributed by atoms with Crippen LogP contribution >= 0.6 is 0 Å². The Morgan fingerprint density at radius 2 is 0.714 bits per heavy atom. The first-order valence-electron chi connectivity index (χ1n) is 6.32. The fourth-order valence-corrected chi connectivity index (χ4v) is 2.60. The molecule has 0 aromatic rings. The predicted molar refractivity (Wildman–Crippen MR) is 80.0 cm³/mol. The van der Waals surface area contributed by atoms with Crippen molar-refractivity contribution in [1.29, 1.82) is 0 Å². The molecule has 14 heteroatoms. The molecular weight excluding hydrogens is 530 g/mol. The van der Waals surface area contributed by atoms with Crippen LogP contribution < -0.4 is 0 Å². The number of carbonyl (C=O) groups is 8. The van der Waals surface area contributed by atoms with Crippen molar-refractivity contribution in [1.82, 2.24) is 9.80 Å². The van der Waals surface area contributed by atoms with Crippen LogP contribution in [0.15, 0.2) is 0 Å². The van der Waals surface area contributed by atoms with Crippen LogP contribution in [0.25, 0.3) is 10.6 Å². The van der Waals surface area contributed by atoms with Crippen LogP contribution in [-0.4, -0.2) is 71.2 Å². The summed E-state index contributed by atoms with van der Waals surface area (Å²) in [5.74, 6) is -6.78. The molecular formula is C14H12N4O8Y2-4. The van der Waals surface area contributed by atoms with Gasteiger partial charge in [0.25, 0.3) is 23.6 Å². The molecule has 8 amide bonds. The third-order valence-electron chi connectivity index (χ3n) is 4.19. The molecule has 146 valence electrons. The van der Waals surface area contributed by atoms with Gasteiger partial charge in [-0.25, -0.2) is 0 Å². The number of amides is 8. The summed E-state index contributed by atoms with van der Waals surface area (Å²) in [7, 11) is 2.43. The molecule has 4 aliphatic rings. The molecule has 4 fully saturated rings.